The number of hydrogen-bond donors (Lipinski definition) is 0. The Hall–Kier alpha value is -1.04. The molecule has 0 saturated carbocycles. The second kappa shape index (κ2) is 4.86. The third-order valence-corrected chi connectivity index (χ3v) is 2.00. The summed E-state index contributed by atoms with van der Waals surface area (Å²) in [5.74, 6) is -0.970. The van der Waals surface area contributed by atoms with Gasteiger partial charge in [-0.15, -0.1) is 24.8 Å². The van der Waals surface area contributed by atoms with Crippen LogP contribution in [0, 0.1) is 0 Å². The van der Waals surface area contributed by atoms with Crippen LogP contribution in [-0.2, 0) is 5.88 Å². The minimum atomic E-state index is -4.99. The van der Waals surface area contributed by atoms with Crippen LogP contribution in [0.5, 0.6) is 5.75 Å². The smallest absolute Gasteiger partial charge is 0.405 e. The van der Waals surface area contributed by atoms with Gasteiger partial charge in [-0.05, 0) is 17.7 Å². The zero-order valence-electron chi connectivity index (χ0n) is 7.69. The van der Waals surface area contributed by atoms with Crippen molar-refractivity contribution in [2.75, 3.05) is 0 Å². The fourth-order valence-electron chi connectivity index (χ4n) is 1.07. The van der Waals surface area contributed by atoms with Gasteiger partial charge < -0.3 is 4.74 Å². The van der Waals surface area contributed by atoms with Gasteiger partial charge in [0.1, 0.15) is 5.75 Å². The second-order valence-corrected chi connectivity index (χ2v) is 3.12. The standard InChI is InChI=1S/C9H6ClF5O/c10-4-5-1-2-7(16-9(13,14)15)6(3-5)8(11)12/h1-3,8H,4H2. The molecule has 1 aromatic carbocycles. The van der Waals surface area contributed by atoms with Crippen LogP contribution in [0.15, 0.2) is 18.2 Å². The van der Waals surface area contributed by atoms with E-state index in [0.29, 0.717) is 5.56 Å². The van der Waals surface area contributed by atoms with Gasteiger partial charge in [0.05, 0.1) is 5.56 Å². The Kier molecular flexibility index (Phi) is 3.96. The molecule has 0 amide bonds. The number of ether oxygens (including phenoxy) is 1. The lowest BCUT2D eigenvalue weighted by Gasteiger charge is -2.13. The predicted molar refractivity (Wildman–Crippen MR) is 47.6 cm³/mol. The normalized spacial score (nSPS) is 11.9. The molecule has 0 atom stereocenters. The third-order valence-electron chi connectivity index (χ3n) is 1.69. The summed E-state index contributed by atoms with van der Waals surface area (Å²) in [6, 6.07) is 2.91. The Morgan fingerprint density at radius 1 is 1.25 bits per heavy atom. The minimum Gasteiger partial charge on any atom is -0.405 e. The van der Waals surface area contributed by atoms with E-state index in [2.05, 4.69) is 4.74 Å². The van der Waals surface area contributed by atoms with Crippen LogP contribution in [0.2, 0.25) is 0 Å². The van der Waals surface area contributed by atoms with E-state index in [1.807, 2.05) is 0 Å². The molecule has 1 aromatic rings. The first kappa shape index (κ1) is 13.0. The second-order valence-electron chi connectivity index (χ2n) is 2.85. The maximum atomic E-state index is 12.4. The van der Waals surface area contributed by atoms with E-state index in [-0.39, 0.29) is 5.88 Å². The molecule has 0 unspecified atom stereocenters. The molecule has 0 aliphatic carbocycles. The zero-order valence-corrected chi connectivity index (χ0v) is 8.45. The van der Waals surface area contributed by atoms with Crippen LogP contribution < -0.4 is 4.74 Å². The van der Waals surface area contributed by atoms with E-state index >= 15 is 0 Å². The third kappa shape index (κ3) is 3.52. The molecule has 1 rings (SSSR count). The van der Waals surface area contributed by atoms with Crippen molar-refractivity contribution in [2.24, 2.45) is 0 Å². The molecule has 0 N–H and O–H groups in total. The maximum Gasteiger partial charge on any atom is 0.573 e. The lowest BCUT2D eigenvalue weighted by molar-refractivity contribution is -0.275. The molecule has 0 aromatic heterocycles. The van der Waals surface area contributed by atoms with Gasteiger partial charge in [-0.2, -0.15) is 0 Å². The maximum absolute atomic E-state index is 12.4. The van der Waals surface area contributed by atoms with E-state index in [1.165, 1.54) is 6.07 Å². The summed E-state index contributed by atoms with van der Waals surface area (Å²) in [6.07, 6.45) is -8.05. The van der Waals surface area contributed by atoms with E-state index in [4.69, 9.17) is 11.6 Å². The van der Waals surface area contributed by atoms with Gasteiger partial charge >= 0.3 is 6.36 Å². The van der Waals surface area contributed by atoms with Crippen molar-refractivity contribution in [1.82, 2.24) is 0 Å². The quantitative estimate of drug-likeness (QED) is 0.583. The highest BCUT2D eigenvalue weighted by Gasteiger charge is 2.33. The fraction of sp³-hybridized carbons (Fsp3) is 0.333. The highest BCUT2D eigenvalue weighted by atomic mass is 35.5. The first-order chi connectivity index (χ1) is 7.33. The molecule has 0 radical (unpaired) electrons. The molecular weight excluding hydrogens is 255 g/mol. The summed E-state index contributed by atoms with van der Waals surface area (Å²) >= 11 is 5.38. The van der Waals surface area contributed by atoms with Crippen molar-refractivity contribution in [3.63, 3.8) is 0 Å². The number of rotatable bonds is 3. The van der Waals surface area contributed by atoms with Crippen LogP contribution in [0.25, 0.3) is 0 Å². The molecule has 1 nitrogen and oxygen atoms in total. The molecule has 0 heterocycles. The number of hydrogen-bond acceptors (Lipinski definition) is 1. The first-order valence-electron chi connectivity index (χ1n) is 4.06. The summed E-state index contributed by atoms with van der Waals surface area (Å²) in [5.41, 5.74) is -0.526. The van der Waals surface area contributed by atoms with Crippen LogP contribution in [0.1, 0.15) is 17.6 Å². The summed E-state index contributed by atoms with van der Waals surface area (Å²) in [5, 5.41) is 0. The molecular formula is C9H6ClF5O. The molecule has 0 aliphatic rings. The summed E-state index contributed by atoms with van der Waals surface area (Å²) in [6.45, 7) is 0. The van der Waals surface area contributed by atoms with E-state index in [1.54, 1.807) is 0 Å². The van der Waals surface area contributed by atoms with Crippen molar-refractivity contribution >= 4 is 11.6 Å². The van der Waals surface area contributed by atoms with Gasteiger partial charge in [-0.3, -0.25) is 0 Å². The van der Waals surface area contributed by atoms with Crippen LogP contribution >= 0.6 is 11.6 Å². The van der Waals surface area contributed by atoms with Gasteiger partial charge in [0.2, 0.25) is 0 Å². The van der Waals surface area contributed by atoms with Gasteiger partial charge in [-0.1, -0.05) is 6.07 Å². The van der Waals surface area contributed by atoms with E-state index in [9.17, 15) is 22.0 Å². The van der Waals surface area contributed by atoms with E-state index in [0.717, 1.165) is 12.1 Å². The lowest BCUT2D eigenvalue weighted by Crippen LogP contribution is -2.18. The van der Waals surface area contributed by atoms with Crippen molar-refractivity contribution in [3.8, 4) is 5.75 Å². The summed E-state index contributed by atoms with van der Waals surface area (Å²) in [4.78, 5) is 0. The number of alkyl halides is 6. The highest BCUT2D eigenvalue weighted by Crippen LogP contribution is 2.33. The Balaban J connectivity index is 3.08. The fourth-order valence-corrected chi connectivity index (χ4v) is 1.24. The Morgan fingerprint density at radius 3 is 2.31 bits per heavy atom. The molecule has 0 spiro atoms. The average molecular weight is 261 g/mol. The van der Waals surface area contributed by atoms with Crippen molar-refractivity contribution in [2.45, 2.75) is 18.7 Å². The van der Waals surface area contributed by atoms with Crippen molar-refractivity contribution < 1.29 is 26.7 Å². The molecule has 0 aliphatic heterocycles. The van der Waals surface area contributed by atoms with Gasteiger partial charge in [0.15, 0.2) is 0 Å². The highest BCUT2D eigenvalue weighted by molar-refractivity contribution is 6.17. The number of benzene rings is 1. The van der Waals surface area contributed by atoms with Crippen LogP contribution in [-0.4, -0.2) is 6.36 Å². The minimum absolute atomic E-state index is 0.0635. The summed E-state index contributed by atoms with van der Waals surface area (Å²) in [7, 11) is 0. The topological polar surface area (TPSA) is 9.23 Å². The Morgan fingerprint density at radius 2 is 1.88 bits per heavy atom. The molecule has 0 saturated heterocycles. The van der Waals surface area contributed by atoms with E-state index < -0.39 is 24.1 Å². The first-order valence-corrected chi connectivity index (χ1v) is 4.59. The summed E-state index contributed by atoms with van der Waals surface area (Å²) < 4.78 is 63.9. The van der Waals surface area contributed by atoms with Gasteiger partial charge in [0.25, 0.3) is 6.43 Å². The Labute approximate surface area is 92.8 Å². The lowest BCUT2D eigenvalue weighted by atomic mass is 10.1. The predicted octanol–water partition coefficient (Wildman–Crippen LogP) is 4.26. The van der Waals surface area contributed by atoms with Crippen molar-refractivity contribution in [3.05, 3.63) is 29.3 Å². The molecule has 7 heteroatoms. The van der Waals surface area contributed by atoms with Gasteiger partial charge in [-0.25, -0.2) is 8.78 Å². The molecule has 0 bridgehead atoms. The average Bonchev–Trinajstić information content (AvgIpc) is 2.15. The van der Waals surface area contributed by atoms with Gasteiger partial charge in [0, 0.05) is 5.88 Å². The zero-order chi connectivity index (χ0) is 12.3. The largest absolute Gasteiger partial charge is 0.573 e. The van der Waals surface area contributed by atoms with Crippen LogP contribution in [0.4, 0.5) is 22.0 Å². The Bertz CT molecular complexity index is 363. The van der Waals surface area contributed by atoms with Crippen LogP contribution in [0.3, 0.4) is 0 Å². The van der Waals surface area contributed by atoms with Crippen molar-refractivity contribution in [1.29, 1.82) is 0 Å². The monoisotopic (exact) mass is 260 g/mol. The molecule has 0 fully saturated rings. The SMILES string of the molecule is FC(F)c1cc(CCl)ccc1OC(F)(F)F. The molecule has 90 valence electrons. The number of halogens is 6. The molecule has 16 heavy (non-hydrogen) atoms.